The van der Waals surface area contributed by atoms with Crippen molar-refractivity contribution in [3.63, 3.8) is 0 Å². The van der Waals surface area contributed by atoms with Crippen molar-refractivity contribution in [2.24, 2.45) is 34.5 Å². The highest BCUT2D eigenvalue weighted by molar-refractivity contribution is 6.30. The minimum atomic E-state index is -0.0294. The standard InChI is InChI=1S/C26H35ClN4O2/c1-25-11-9-18-16(14-19(27)24-26(18,2)12-10-23(33)31(24)3)17(25)8-7-15(25)13-22(32)30-21-6-4-5-20(28)29-21/h4-6,15-18H,7-14H2,1-3H3,(H3,28,29,30,32)/t15-,16+,17+,18+,25-,26-/m1/s1. The molecular weight excluding hydrogens is 436 g/mol. The van der Waals surface area contributed by atoms with Gasteiger partial charge in [0.2, 0.25) is 11.8 Å². The number of aromatic nitrogens is 1. The average molecular weight is 471 g/mol. The molecule has 5 rings (SSSR count). The molecule has 2 saturated carbocycles. The lowest BCUT2D eigenvalue weighted by molar-refractivity contribution is -0.136. The van der Waals surface area contributed by atoms with Gasteiger partial charge in [0.05, 0.1) is 0 Å². The summed E-state index contributed by atoms with van der Waals surface area (Å²) in [6.45, 7) is 4.75. The number of fused-ring (bicyclic) bond motifs is 5. The summed E-state index contributed by atoms with van der Waals surface area (Å²) in [4.78, 5) is 31.3. The van der Waals surface area contributed by atoms with Crippen LogP contribution in [0.1, 0.15) is 65.2 Å². The van der Waals surface area contributed by atoms with E-state index in [2.05, 4.69) is 24.1 Å². The number of hydrogen-bond donors (Lipinski definition) is 2. The summed E-state index contributed by atoms with van der Waals surface area (Å²) in [5, 5.41) is 3.82. The molecule has 3 aliphatic carbocycles. The molecule has 33 heavy (non-hydrogen) atoms. The van der Waals surface area contributed by atoms with Crippen LogP contribution < -0.4 is 11.1 Å². The van der Waals surface area contributed by atoms with Crippen LogP contribution in [0.5, 0.6) is 0 Å². The van der Waals surface area contributed by atoms with Crippen molar-refractivity contribution in [2.75, 3.05) is 18.1 Å². The van der Waals surface area contributed by atoms with Crippen LogP contribution in [0.2, 0.25) is 0 Å². The highest BCUT2D eigenvalue weighted by atomic mass is 35.5. The van der Waals surface area contributed by atoms with Gasteiger partial charge in [0.1, 0.15) is 11.6 Å². The van der Waals surface area contributed by atoms with Crippen LogP contribution in [0, 0.1) is 34.5 Å². The fraction of sp³-hybridized carbons (Fsp3) is 0.654. The van der Waals surface area contributed by atoms with Crippen molar-refractivity contribution in [2.45, 2.75) is 65.2 Å². The molecule has 7 heteroatoms. The Morgan fingerprint density at radius 3 is 2.79 bits per heavy atom. The first-order valence-corrected chi connectivity index (χ1v) is 12.7. The quantitative estimate of drug-likeness (QED) is 0.638. The fourth-order valence-corrected chi connectivity index (χ4v) is 8.58. The molecule has 3 fully saturated rings. The van der Waals surface area contributed by atoms with Crippen LogP contribution in [0.4, 0.5) is 11.6 Å². The Morgan fingerprint density at radius 2 is 2.03 bits per heavy atom. The second kappa shape index (κ2) is 8.00. The summed E-state index contributed by atoms with van der Waals surface area (Å²) in [6, 6.07) is 5.29. The molecule has 1 aromatic heterocycles. The molecule has 1 aliphatic heterocycles. The maximum absolute atomic E-state index is 12.9. The Morgan fingerprint density at radius 1 is 1.24 bits per heavy atom. The molecule has 6 nitrogen and oxygen atoms in total. The lowest BCUT2D eigenvalue weighted by Crippen LogP contribution is -2.54. The minimum Gasteiger partial charge on any atom is -0.384 e. The number of nitrogens with zero attached hydrogens (tertiary/aromatic N) is 2. The van der Waals surface area contributed by atoms with Crippen molar-refractivity contribution in [3.05, 3.63) is 28.9 Å². The largest absolute Gasteiger partial charge is 0.384 e. The molecule has 1 saturated heterocycles. The van der Waals surface area contributed by atoms with Crippen LogP contribution in [0.15, 0.2) is 28.9 Å². The number of allylic oxidation sites excluding steroid dienone is 2. The van der Waals surface area contributed by atoms with E-state index in [4.69, 9.17) is 17.3 Å². The molecule has 0 radical (unpaired) electrons. The van der Waals surface area contributed by atoms with Gasteiger partial charge in [-0.25, -0.2) is 4.98 Å². The van der Waals surface area contributed by atoms with Crippen LogP contribution in [0.25, 0.3) is 0 Å². The molecule has 0 spiro atoms. The highest BCUT2D eigenvalue weighted by Gasteiger charge is 2.60. The predicted molar refractivity (Wildman–Crippen MR) is 130 cm³/mol. The number of anilines is 2. The van der Waals surface area contributed by atoms with E-state index in [1.165, 1.54) is 0 Å². The number of rotatable bonds is 3. The topological polar surface area (TPSA) is 88.3 Å². The summed E-state index contributed by atoms with van der Waals surface area (Å²) in [7, 11) is 1.89. The molecule has 0 unspecified atom stereocenters. The SMILES string of the molecule is CN1C(=O)CC[C@@]2(C)C1=C(Cl)C[C@H]1[C@@H]3CC[C@H](CC(=O)Nc4cccc(N)n4)[C@@]3(C)CC[C@@H]12. The number of carbonyl (C=O) groups is 2. The Hall–Kier alpha value is -2.08. The first-order valence-electron chi connectivity index (χ1n) is 12.3. The van der Waals surface area contributed by atoms with E-state index >= 15 is 0 Å². The molecule has 3 N–H and O–H groups in total. The van der Waals surface area contributed by atoms with Crippen LogP contribution in [-0.4, -0.2) is 28.7 Å². The average Bonchev–Trinajstić information content (AvgIpc) is 3.07. The maximum atomic E-state index is 12.9. The number of nitrogens with one attached hydrogen (secondary N) is 1. The van der Waals surface area contributed by atoms with Gasteiger partial charge in [0.15, 0.2) is 0 Å². The number of likely N-dealkylation sites (tertiary alicyclic amines) is 1. The van der Waals surface area contributed by atoms with Gasteiger partial charge in [-0.3, -0.25) is 9.59 Å². The third-order valence-corrected chi connectivity index (χ3v) is 10.0. The van der Waals surface area contributed by atoms with Crippen LogP contribution in [-0.2, 0) is 9.59 Å². The summed E-state index contributed by atoms with van der Waals surface area (Å²) in [6.07, 6.45) is 7.37. The lowest BCUT2D eigenvalue weighted by atomic mass is 9.49. The molecule has 2 heterocycles. The summed E-state index contributed by atoms with van der Waals surface area (Å²) < 4.78 is 0. The van der Waals surface area contributed by atoms with Crippen LogP contribution >= 0.6 is 11.6 Å². The first kappa shape index (κ1) is 22.7. The first-order chi connectivity index (χ1) is 15.6. The summed E-state index contributed by atoms with van der Waals surface area (Å²) in [5.41, 5.74) is 6.94. The number of nitrogen functional groups attached to an aromatic ring is 1. The Labute approximate surface area is 201 Å². The second-order valence-electron chi connectivity index (χ2n) is 11.2. The molecule has 0 bridgehead atoms. The second-order valence-corrected chi connectivity index (χ2v) is 11.7. The smallest absolute Gasteiger partial charge is 0.226 e. The van der Waals surface area contributed by atoms with E-state index < -0.39 is 0 Å². The Bertz CT molecular complexity index is 1030. The zero-order chi connectivity index (χ0) is 23.5. The zero-order valence-corrected chi connectivity index (χ0v) is 20.6. The van der Waals surface area contributed by atoms with Crippen molar-refractivity contribution < 1.29 is 9.59 Å². The van der Waals surface area contributed by atoms with Gasteiger partial charge in [0, 0.05) is 36.0 Å². The molecule has 2 amide bonds. The van der Waals surface area contributed by atoms with E-state index in [0.717, 1.165) is 49.3 Å². The van der Waals surface area contributed by atoms with Crippen molar-refractivity contribution >= 4 is 35.1 Å². The van der Waals surface area contributed by atoms with Crippen molar-refractivity contribution in [1.82, 2.24) is 9.88 Å². The van der Waals surface area contributed by atoms with E-state index in [0.29, 0.717) is 48.1 Å². The fourth-order valence-electron chi connectivity index (χ4n) is 8.06. The highest BCUT2D eigenvalue weighted by Crippen LogP contribution is 2.67. The molecular formula is C26H35ClN4O2. The third kappa shape index (κ3) is 3.56. The van der Waals surface area contributed by atoms with E-state index in [1.54, 1.807) is 18.2 Å². The van der Waals surface area contributed by atoms with Gasteiger partial charge in [0.25, 0.3) is 0 Å². The number of nitrogens with two attached hydrogens (primary N) is 1. The third-order valence-electron chi connectivity index (χ3n) is 9.70. The van der Waals surface area contributed by atoms with Gasteiger partial charge >= 0.3 is 0 Å². The van der Waals surface area contributed by atoms with Gasteiger partial charge in [-0.15, -0.1) is 0 Å². The van der Waals surface area contributed by atoms with Crippen molar-refractivity contribution in [1.29, 1.82) is 0 Å². The Kier molecular flexibility index (Phi) is 5.50. The maximum Gasteiger partial charge on any atom is 0.226 e. The van der Waals surface area contributed by atoms with E-state index in [9.17, 15) is 9.59 Å². The van der Waals surface area contributed by atoms with Gasteiger partial charge in [-0.05, 0) is 79.7 Å². The number of carbonyl (C=O) groups excluding carboxylic acids is 2. The molecule has 178 valence electrons. The number of halogens is 1. The van der Waals surface area contributed by atoms with Gasteiger partial charge in [-0.2, -0.15) is 0 Å². The molecule has 1 aromatic rings. The summed E-state index contributed by atoms with van der Waals surface area (Å²) >= 11 is 6.92. The number of pyridine rings is 1. The molecule has 4 aliphatic rings. The Balaban J connectivity index is 1.35. The number of piperidine rings is 1. The lowest BCUT2D eigenvalue weighted by Gasteiger charge is -2.59. The monoisotopic (exact) mass is 470 g/mol. The van der Waals surface area contributed by atoms with Gasteiger partial charge in [-0.1, -0.05) is 31.5 Å². The molecule has 0 aromatic carbocycles. The summed E-state index contributed by atoms with van der Waals surface area (Å²) in [5.74, 6) is 3.12. The molecule has 6 atom stereocenters. The van der Waals surface area contributed by atoms with E-state index in [1.807, 2.05) is 11.9 Å². The minimum absolute atomic E-state index is 0.0188. The van der Waals surface area contributed by atoms with Crippen molar-refractivity contribution in [3.8, 4) is 0 Å². The number of amides is 2. The predicted octanol–water partition coefficient (Wildman–Crippen LogP) is 5.16. The normalized spacial score (nSPS) is 37.9. The zero-order valence-electron chi connectivity index (χ0n) is 19.9. The van der Waals surface area contributed by atoms with Gasteiger partial charge < -0.3 is 16.0 Å². The number of hydrogen-bond acceptors (Lipinski definition) is 4. The van der Waals surface area contributed by atoms with Crippen LogP contribution in [0.3, 0.4) is 0 Å². The van der Waals surface area contributed by atoms with E-state index in [-0.39, 0.29) is 22.6 Å².